The number of alkyl carbamates (subject to hydrolysis) is 1. The summed E-state index contributed by atoms with van der Waals surface area (Å²) in [5, 5.41) is 6.39. The van der Waals surface area contributed by atoms with Gasteiger partial charge in [-0.2, -0.15) is 0 Å². The zero-order valence-corrected chi connectivity index (χ0v) is 16.1. The summed E-state index contributed by atoms with van der Waals surface area (Å²) in [5.74, 6) is 1.39. The maximum atomic E-state index is 11.8. The van der Waals surface area contributed by atoms with Crippen LogP contribution in [-0.4, -0.2) is 69.5 Å². The lowest BCUT2D eigenvalue weighted by Gasteiger charge is -2.27. The summed E-state index contributed by atoms with van der Waals surface area (Å²) >= 11 is 0. The average Bonchev–Trinajstić information content (AvgIpc) is 3.18. The number of carbonyl (C=O) groups is 1. The van der Waals surface area contributed by atoms with Crippen molar-refractivity contribution in [2.75, 3.05) is 46.5 Å². The van der Waals surface area contributed by atoms with Crippen LogP contribution < -0.4 is 10.6 Å². The van der Waals surface area contributed by atoms with Crippen LogP contribution in [0.5, 0.6) is 0 Å². The fourth-order valence-electron chi connectivity index (χ4n) is 3.74. The Morgan fingerprint density at radius 3 is 2.80 bits per heavy atom. The van der Waals surface area contributed by atoms with E-state index in [1.807, 2.05) is 14.0 Å². The number of nitrogens with one attached hydrogen (secondary N) is 2. The minimum absolute atomic E-state index is 0.0159. The lowest BCUT2D eigenvalue weighted by molar-refractivity contribution is 0.146. The molecule has 144 valence electrons. The fourth-order valence-corrected chi connectivity index (χ4v) is 3.74. The van der Waals surface area contributed by atoms with Crippen molar-refractivity contribution in [2.45, 2.75) is 46.1 Å². The summed E-state index contributed by atoms with van der Waals surface area (Å²) in [6, 6.07) is 0.0159. The van der Waals surface area contributed by atoms with Gasteiger partial charge in [0.2, 0.25) is 0 Å². The summed E-state index contributed by atoms with van der Waals surface area (Å²) < 4.78 is 10.6. The molecule has 2 aliphatic rings. The van der Waals surface area contributed by atoms with Crippen molar-refractivity contribution in [3.8, 4) is 0 Å². The van der Waals surface area contributed by atoms with Crippen molar-refractivity contribution in [2.24, 2.45) is 16.3 Å². The van der Waals surface area contributed by atoms with Gasteiger partial charge in [0.1, 0.15) is 0 Å². The van der Waals surface area contributed by atoms with E-state index < -0.39 is 0 Å². The lowest BCUT2D eigenvalue weighted by atomic mass is 9.87. The third-order valence-electron chi connectivity index (χ3n) is 4.99. The smallest absolute Gasteiger partial charge is 0.407 e. The first-order valence-electron chi connectivity index (χ1n) is 9.44. The van der Waals surface area contributed by atoms with Crippen LogP contribution in [0.4, 0.5) is 4.79 Å². The van der Waals surface area contributed by atoms with Gasteiger partial charge in [-0.25, -0.2) is 4.79 Å². The molecule has 1 spiro atoms. The van der Waals surface area contributed by atoms with E-state index in [0.29, 0.717) is 24.5 Å². The number of amides is 1. The van der Waals surface area contributed by atoms with Crippen molar-refractivity contribution in [1.29, 1.82) is 0 Å². The van der Waals surface area contributed by atoms with Crippen LogP contribution in [0.3, 0.4) is 0 Å². The summed E-state index contributed by atoms with van der Waals surface area (Å²) in [7, 11) is 1.81. The van der Waals surface area contributed by atoms with Gasteiger partial charge >= 0.3 is 6.09 Å². The van der Waals surface area contributed by atoms with Gasteiger partial charge in [-0.05, 0) is 32.1 Å². The molecular formula is C18H34N4O3. The molecule has 0 aliphatic carbocycles. The van der Waals surface area contributed by atoms with Crippen molar-refractivity contribution in [3.05, 3.63) is 0 Å². The maximum Gasteiger partial charge on any atom is 0.407 e. The van der Waals surface area contributed by atoms with Gasteiger partial charge in [0, 0.05) is 44.7 Å². The molecule has 7 nitrogen and oxygen atoms in total. The number of hydrogen-bond acceptors (Lipinski definition) is 4. The molecular weight excluding hydrogens is 320 g/mol. The van der Waals surface area contributed by atoms with Gasteiger partial charge in [-0.1, -0.05) is 13.8 Å². The third kappa shape index (κ3) is 5.76. The number of nitrogens with zero attached hydrogens (tertiary/aromatic N) is 2. The standard InChI is InChI=1S/C18H34N4O3/c1-5-25-17(23)21-15(10-14(2)3)11-20-16(19-4)22-8-6-18(12-22)7-9-24-13-18/h14-15H,5-13H2,1-4H3,(H,19,20)(H,21,23). The van der Waals surface area contributed by atoms with E-state index in [-0.39, 0.29) is 12.1 Å². The Bertz CT molecular complexity index is 461. The van der Waals surface area contributed by atoms with E-state index in [9.17, 15) is 4.79 Å². The second-order valence-electron chi connectivity index (χ2n) is 7.59. The van der Waals surface area contributed by atoms with Crippen LogP contribution in [0.15, 0.2) is 4.99 Å². The normalized spacial score (nSPS) is 24.8. The van der Waals surface area contributed by atoms with Gasteiger partial charge in [0.05, 0.1) is 13.2 Å². The molecule has 2 fully saturated rings. The SMILES string of the molecule is CCOC(=O)NC(CNC(=NC)N1CCC2(CCOC2)C1)CC(C)C. The second-order valence-corrected chi connectivity index (χ2v) is 7.59. The third-order valence-corrected chi connectivity index (χ3v) is 4.99. The molecule has 25 heavy (non-hydrogen) atoms. The Balaban J connectivity index is 1.87. The van der Waals surface area contributed by atoms with E-state index >= 15 is 0 Å². The minimum atomic E-state index is -0.354. The molecule has 7 heteroatoms. The molecule has 2 saturated heterocycles. The molecule has 2 heterocycles. The average molecular weight is 354 g/mol. The predicted octanol–water partition coefficient (Wildman–Crippen LogP) is 1.83. The molecule has 0 bridgehead atoms. The van der Waals surface area contributed by atoms with Crippen molar-refractivity contribution in [3.63, 3.8) is 0 Å². The molecule has 0 aromatic rings. The Hall–Kier alpha value is -1.50. The van der Waals surface area contributed by atoms with E-state index in [0.717, 1.165) is 51.5 Å². The second kappa shape index (κ2) is 9.27. The Morgan fingerprint density at radius 2 is 2.20 bits per heavy atom. The van der Waals surface area contributed by atoms with Gasteiger partial charge < -0.3 is 25.0 Å². The predicted molar refractivity (Wildman–Crippen MR) is 98.8 cm³/mol. The first kappa shape index (κ1) is 19.8. The number of rotatable bonds is 6. The van der Waals surface area contributed by atoms with Crippen molar-refractivity contribution < 1.29 is 14.3 Å². The van der Waals surface area contributed by atoms with E-state index in [1.54, 1.807) is 0 Å². The van der Waals surface area contributed by atoms with Crippen molar-refractivity contribution >= 4 is 12.1 Å². The Labute approximate surface area is 151 Å². The highest BCUT2D eigenvalue weighted by Crippen LogP contribution is 2.38. The van der Waals surface area contributed by atoms with E-state index in [4.69, 9.17) is 9.47 Å². The Morgan fingerprint density at radius 1 is 1.40 bits per heavy atom. The van der Waals surface area contributed by atoms with Gasteiger partial charge in [-0.3, -0.25) is 4.99 Å². The van der Waals surface area contributed by atoms with Crippen LogP contribution >= 0.6 is 0 Å². The summed E-state index contributed by atoms with van der Waals surface area (Å²) in [5.41, 5.74) is 0.304. The first-order chi connectivity index (χ1) is 12.0. The zero-order chi connectivity index (χ0) is 18.3. The van der Waals surface area contributed by atoms with Crippen molar-refractivity contribution in [1.82, 2.24) is 15.5 Å². The molecule has 2 unspecified atom stereocenters. The van der Waals surface area contributed by atoms with E-state index in [1.165, 1.54) is 0 Å². The summed E-state index contributed by atoms with van der Waals surface area (Å²) in [6.07, 6.45) is 2.83. The van der Waals surface area contributed by atoms with Gasteiger partial charge in [0.25, 0.3) is 0 Å². The first-order valence-corrected chi connectivity index (χ1v) is 9.44. The number of likely N-dealkylation sites (tertiary alicyclic amines) is 1. The van der Waals surface area contributed by atoms with Crippen LogP contribution in [0.2, 0.25) is 0 Å². The minimum Gasteiger partial charge on any atom is -0.450 e. The highest BCUT2D eigenvalue weighted by molar-refractivity contribution is 5.80. The molecule has 2 rings (SSSR count). The summed E-state index contributed by atoms with van der Waals surface area (Å²) in [4.78, 5) is 18.5. The molecule has 2 N–H and O–H groups in total. The maximum absolute atomic E-state index is 11.8. The lowest BCUT2D eigenvalue weighted by Crippen LogP contribution is -2.48. The zero-order valence-electron chi connectivity index (χ0n) is 16.1. The van der Waals surface area contributed by atoms with Crippen LogP contribution in [0.25, 0.3) is 0 Å². The molecule has 0 saturated carbocycles. The number of hydrogen-bond donors (Lipinski definition) is 2. The highest BCUT2D eigenvalue weighted by atomic mass is 16.5. The van der Waals surface area contributed by atoms with Crippen LogP contribution in [0.1, 0.15) is 40.0 Å². The van der Waals surface area contributed by atoms with Gasteiger partial charge in [0.15, 0.2) is 5.96 Å². The molecule has 0 radical (unpaired) electrons. The van der Waals surface area contributed by atoms with Crippen LogP contribution in [-0.2, 0) is 9.47 Å². The highest BCUT2D eigenvalue weighted by Gasteiger charge is 2.42. The molecule has 0 aromatic carbocycles. The number of aliphatic imine (C=N–C) groups is 1. The molecule has 1 amide bonds. The molecule has 2 atom stereocenters. The molecule has 2 aliphatic heterocycles. The summed E-state index contributed by atoms with van der Waals surface area (Å²) in [6.45, 7) is 10.9. The van der Waals surface area contributed by atoms with E-state index in [2.05, 4.69) is 34.4 Å². The monoisotopic (exact) mass is 354 g/mol. The number of carbonyl (C=O) groups excluding carboxylic acids is 1. The number of ether oxygens (including phenoxy) is 2. The Kier molecular flexibility index (Phi) is 7.35. The topological polar surface area (TPSA) is 75.2 Å². The largest absolute Gasteiger partial charge is 0.450 e. The quantitative estimate of drug-likeness (QED) is 0.562. The van der Waals surface area contributed by atoms with Gasteiger partial charge in [-0.15, -0.1) is 0 Å². The molecule has 0 aromatic heterocycles. The van der Waals surface area contributed by atoms with Crippen LogP contribution in [0, 0.1) is 11.3 Å². The fraction of sp³-hybridized carbons (Fsp3) is 0.889. The number of guanidine groups is 1.